The van der Waals surface area contributed by atoms with Gasteiger partial charge in [-0.3, -0.25) is 4.72 Å². The second-order valence-corrected chi connectivity index (χ2v) is 20.2. The summed E-state index contributed by atoms with van der Waals surface area (Å²) in [6.45, 7) is 18.8. The first kappa shape index (κ1) is 44.5. The molecule has 0 bridgehead atoms. The zero-order valence-electron chi connectivity index (χ0n) is 35.4. The van der Waals surface area contributed by atoms with E-state index in [-0.39, 0.29) is 11.7 Å². The van der Waals surface area contributed by atoms with Crippen LogP contribution in [0.1, 0.15) is 97.2 Å². The number of fused-ring (bicyclic) bond motifs is 2. The molecule has 58 heavy (non-hydrogen) atoms. The van der Waals surface area contributed by atoms with E-state index in [2.05, 4.69) is 66.5 Å². The van der Waals surface area contributed by atoms with E-state index >= 15 is 0 Å². The third kappa shape index (κ3) is 10.6. The number of hydrogen-bond donors (Lipinski definition) is 2. The number of unbranched alkanes of at least 4 members (excludes halogenated alkanes) is 6. The SMILES string of the molecule is CCCCCCN1CC2C(C1)C2(C)c1cccc(N)c1.CCCCCCN1CC2C(C1)C2(C)c1cccc(NS(=O)(=O)c2ccc(Cl)cc2)c1.Cc1ccc(Cl)cc1.[HH]. The topological polar surface area (TPSA) is 78.7 Å². The first-order valence-corrected chi connectivity index (χ1v) is 23.9. The van der Waals surface area contributed by atoms with Gasteiger partial charge in [-0.25, -0.2) is 8.42 Å². The van der Waals surface area contributed by atoms with Crippen LogP contribution in [0.4, 0.5) is 11.4 Å². The molecule has 316 valence electrons. The molecule has 0 aromatic heterocycles. The molecule has 6 nitrogen and oxygen atoms in total. The Hall–Kier alpha value is -3.07. The highest BCUT2D eigenvalue weighted by molar-refractivity contribution is 7.92. The smallest absolute Gasteiger partial charge is 0.261 e. The summed E-state index contributed by atoms with van der Waals surface area (Å²) in [5.41, 5.74) is 12.0. The van der Waals surface area contributed by atoms with E-state index in [0.717, 1.165) is 35.6 Å². The van der Waals surface area contributed by atoms with Gasteiger partial charge in [0.15, 0.2) is 0 Å². The van der Waals surface area contributed by atoms with Crippen LogP contribution in [0.15, 0.2) is 102 Å². The monoisotopic (exact) mass is 846 g/mol. The molecule has 4 aromatic carbocycles. The van der Waals surface area contributed by atoms with Gasteiger partial charge in [0.25, 0.3) is 10.0 Å². The lowest BCUT2D eigenvalue weighted by Crippen LogP contribution is -2.30. The summed E-state index contributed by atoms with van der Waals surface area (Å²) in [5, 5.41) is 1.32. The Bertz CT molecular complexity index is 2000. The number of sulfonamides is 1. The number of hydrogen-bond acceptors (Lipinski definition) is 5. The number of nitrogens with zero attached hydrogens (tertiary/aromatic N) is 2. The fraction of sp³-hybridized carbons (Fsp3) is 0.510. The first-order valence-electron chi connectivity index (χ1n) is 21.7. The summed E-state index contributed by atoms with van der Waals surface area (Å²) in [4.78, 5) is 5.50. The fourth-order valence-electron chi connectivity index (χ4n) is 9.82. The van der Waals surface area contributed by atoms with Crippen molar-refractivity contribution in [2.75, 3.05) is 49.7 Å². The van der Waals surface area contributed by atoms with Crippen LogP contribution < -0.4 is 10.5 Å². The minimum absolute atomic E-state index is 0. The quantitative estimate of drug-likeness (QED) is 0.0920. The van der Waals surface area contributed by atoms with Crippen LogP contribution in [0.3, 0.4) is 0 Å². The third-order valence-electron chi connectivity index (χ3n) is 13.7. The van der Waals surface area contributed by atoms with Crippen LogP contribution in [0, 0.1) is 30.6 Å². The number of benzene rings is 4. The average molecular weight is 848 g/mol. The Balaban J connectivity index is 0.000000195. The molecule has 4 unspecified atom stereocenters. The maximum Gasteiger partial charge on any atom is 0.261 e. The number of nitrogens with two attached hydrogens (primary N) is 1. The second-order valence-electron chi connectivity index (χ2n) is 17.7. The Morgan fingerprint density at radius 1 is 0.655 bits per heavy atom. The molecule has 2 saturated carbocycles. The highest BCUT2D eigenvalue weighted by Gasteiger charge is 2.66. The van der Waals surface area contributed by atoms with Crippen LogP contribution in [0.5, 0.6) is 0 Å². The van der Waals surface area contributed by atoms with Crippen molar-refractivity contribution in [1.82, 2.24) is 9.80 Å². The molecular weight excluding hydrogens is 780 g/mol. The molecule has 4 atom stereocenters. The maximum atomic E-state index is 12.7. The van der Waals surface area contributed by atoms with Gasteiger partial charge >= 0.3 is 0 Å². The van der Waals surface area contributed by atoms with Gasteiger partial charge in [0.1, 0.15) is 0 Å². The van der Waals surface area contributed by atoms with Crippen LogP contribution in [0.2, 0.25) is 10.0 Å². The van der Waals surface area contributed by atoms with Gasteiger partial charge in [-0.2, -0.15) is 0 Å². The summed E-state index contributed by atoms with van der Waals surface area (Å²) in [7, 11) is -3.63. The van der Waals surface area contributed by atoms with Crippen molar-refractivity contribution in [2.24, 2.45) is 23.7 Å². The fourth-order valence-corrected chi connectivity index (χ4v) is 11.1. The number of piperidine rings is 2. The highest BCUT2D eigenvalue weighted by Crippen LogP contribution is 2.64. The lowest BCUT2D eigenvalue weighted by Gasteiger charge is -2.24. The van der Waals surface area contributed by atoms with E-state index in [9.17, 15) is 8.42 Å². The van der Waals surface area contributed by atoms with Crippen molar-refractivity contribution in [3.05, 3.63) is 124 Å². The lowest BCUT2D eigenvalue weighted by atomic mass is 9.92. The molecule has 9 heteroatoms. The number of anilines is 2. The number of nitrogens with one attached hydrogen (secondary N) is 1. The molecule has 0 spiro atoms. The van der Waals surface area contributed by atoms with E-state index in [0.29, 0.717) is 28.0 Å². The number of aryl methyl sites for hydroxylation is 1. The number of halogens is 2. The zero-order valence-corrected chi connectivity index (χ0v) is 37.7. The van der Waals surface area contributed by atoms with Gasteiger partial charge in [0.05, 0.1) is 4.90 Å². The predicted molar refractivity (Wildman–Crippen MR) is 248 cm³/mol. The zero-order chi connectivity index (χ0) is 41.5. The standard InChI is InChI=1S/C24H31ClN2O2S.C18H28N2.C7H7Cl.H2/c1-3-4-5-6-14-27-16-22-23(17-27)24(22,2)18-8-7-9-20(15-18)26-30(28,29)21-12-10-19(25)11-13-21;1-3-4-5-6-10-20-12-16-17(13-20)18(16,2)14-8-7-9-15(19)11-14;1-6-2-4-7(8)5-3-6;/h7-13,15,22-23,26H,3-6,14,16-17H2,1-2H3;7-9,11,16-17H,3-6,10,12-13,19H2,1-2H3;2-5H,1H3;1H. The van der Waals surface area contributed by atoms with Gasteiger partial charge in [-0.1, -0.05) is 131 Å². The third-order valence-corrected chi connectivity index (χ3v) is 15.6. The van der Waals surface area contributed by atoms with E-state index < -0.39 is 10.0 Å². The van der Waals surface area contributed by atoms with E-state index in [1.54, 1.807) is 12.1 Å². The molecule has 0 amide bonds. The number of nitrogen functional groups attached to an aromatic ring is 1. The Morgan fingerprint density at radius 2 is 1.10 bits per heavy atom. The lowest BCUT2D eigenvalue weighted by molar-refractivity contribution is 0.271. The molecule has 4 aromatic rings. The molecule has 2 saturated heterocycles. The summed E-state index contributed by atoms with van der Waals surface area (Å²) >= 11 is 11.5. The van der Waals surface area contributed by atoms with Gasteiger partial charge in [0.2, 0.25) is 0 Å². The normalized spacial score (nSPS) is 25.8. The molecule has 2 aliphatic heterocycles. The minimum atomic E-state index is -3.63. The minimum Gasteiger partial charge on any atom is -0.399 e. The molecule has 2 heterocycles. The second kappa shape index (κ2) is 19.5. The Kier molecular flexibility index (Phi) is 15.0. The van der Waals surface area contributed by atoms with Crippen molar-refractivity contribution in [3.8, 4) is 0 Å². The van der Waals surface area contributed by atoms with E-state index in [1.165, 1.54) is 106 Å². The highest BCUT2D eigenvalue weighted by atomic mass is 35.5. The van der Waals surface area contributed by atoms with Crippen molar-refractivity contribution >= 4 is 44.6 Å². The van der Waals surface area contributed by atoms with Crippen molar-refractivity contribution < 1.29 is 9.84 Å². The maximum absolute atomic E-state index is 12.7. The Morgan fingerprint density at radius 3 is 1.55 bits per heavy atom. The predicted octanol–water partition coefficient (Wildman–Crippen LogP) is 12.1. The Labute approximate surface area is 361 Å². The number of rotatable bonds is 15. The van der Waals surface area contributed by atoms with Gasteiger partial charge in [-0.15, -0.1) is 0 Å². The summed E-state index contributed by atoms with van der Waals surface area (Å²) < 4.78 is 28.2. The van der Waals surface area contributed by atoms with E-state index in [4.69, 9.17) is 28.9 Å². The first-order chi connectivity index (χ1) is 27.8. The summed E-state index contributed by atoms with van der Waals surface area (Å²) in [5.74, 6) is 3.06. The molecule has 4 fully saturated rings. The molecule has 3 N–H and O–H groups in total. The van der Waals surface area contributed by atoms with Gasteiger partial charge in [0, 0.05) is 59.9 Å². The van der Waals surface area contributed by atoms with Crippen LogP contribution in [0.25, 0.3) is 0 Å². The van der Waals surface area contributed by atoms with Crippen molar-refractivity contribution in [1.29, 1.82) is 0 Å². The molecular formula is C49H68Cl2N4O2S. The molecule has 0 radical (unpaired) electrons. The van der Waals surface area contributed by atoms with E-state index in [1.807, 2.05) is 55.5 Å². The van der Waals surface area contributed by atoms with Crippen LogP contribution in [-0.2, 0) is 20.9 Å². The summed E-state index contributed by atoms with van der Waals surface area (Å²) in [6, 6.07) is 30.4. The van der Waals surface area contributed by atoms with Crippen molar-refractivity contribution in [3.63, 3.8) is 0 Å². The largest absolute Gasteiger partial charge is 0.399 e. The molecule has 8 rings (SSSR count). The molecule has 4 aliphatic rings. The van der Waals surface area contributed by atoms with Crippen LogP contribution in [-0.4, -0.2) is 57.5 Å². The summed E-state index contributed by atoms with van der Waals surface area (Å²) in [6.07, 6.45) is 10.7. The van der Waals surface area contributed by atoms with Gasteiger partial charge in [-0.05, 0) is 128 Å². The molecule has 2 aliphatic carbocycles. The van der Waals surface area contributed by atoms with Crippen LogP contribution >= 0.6 is 23.2 Å². The van der Waals surface area contributed by atoms with Gasteiger partial charge < -0.3 is 15.5 Å². The average Bonchev–Trinajstić information content (AvgIpc) is 3.67. The van der Waals surface area contributed by atoms with Crippen molar-refractivity contribution in [2.45, 2.75) is 102 Å². The number of likely N-dealkylation sites (tertiary alicyclic amines) is 2.